The standard InChI is InChI=1S/C9H9F3N4O3/c10-9(11,12)8(17)14-4-3-13-7-2-1-6(5-15-7)16(18)19/h1-2,5H,3-4H2,(H,13,15)(H,14,17)/p+1. The average molecular weight is 279 g/mol. The number of carbonyl (C=O) groups excluding carboxylic acids is 1. The summed E-state index contributed by atoms with van der Waals surface area (Å²) in [5.41, 5.74) is -0.143. The lowest BCUT2D eigenvalue weighted by molar-refractivity contribution is -0.413. The van der Waals surface area contributed by atoms with Crippen LogP contribution in [0.25, 0.3) is 0 Å². The molecule has 0 aromatic carbocycles. The summed E-state index contributed by atoms with van der Waals surface area (Å²) in [5.74, 6) is -1.63. The zero-order valence-electron chi connectivity index (χ0n) is 9.45. The van der Waals surface area contributed by atoms with Gasteiger partial charge in [-0.3, -0.25) is 20.2 Å². The molecule has 0 aliphatic rings. The van der Waals surface area contributed by atoms with Crippen molar-refractivity contribution in [3.8, 4) is 0 Å². The summed E-state index contributed by atoms with van der Waals surface area (Å²) in [6, 6.07) is 2.59. The number of rotatable bonds is 5. The van der Waals surface area contributed by atoms with E-state index in [0.717, 1.165) is 6.20 Å². The molecule has 0 radical (unpaired) electrons. The number of carbonyl (C=O) groups is 1. The summed E-state index contributed by atoms with van der Waals surface area (Å²) in [4.78, 5) is 22.8. The highest BCUT2D eigenvalue weighted by molar-refractivity contribution is 5.81. The maximum atomic E-state index is 11.8. The van der Waals surface area contributed by atoms with Crippen molar-refractivity contribution in [1.29, 1.82) is 0 Å². The summed E-state index contributed by atoms with van der Waals surface area (Å²) in [7, 11) is 0. The first-order chi connectivity index (χ1) is 8.80. The van der Waals surface area contributed by atoms with Gasteiger partial charge in [-0.05, 0) is 0 Å². The normalized spacial score (nSPS) is 10.9. The average Bonchev–Trinajstić information content (AvgIpc) is 2.33. The van der Waals surface area contributed by atoms with Crippen LogP contribution in [0.3, 0.4) is 0 Å². The van der Waals surface area contributed by atoms with Gasteiger partial charge in [-0.15, -0.1) is 0 Å². The molecule has 0 saturated carbocycles. The predicted octanol–water partition coefficient (Wildman–Crippen LogP) is 0.499. The van der Waals surface area contributed by atoms with Crippen molar-refractivity contribution in [2.24, 2.45) is 0 Å². The maximum absolute atomic E-state index is 11.8. The first kappa shape index (κ1) is 14.7. The van der Waals surface area contributed by atoms with E-state index in [1.165, 1.54) is 12.1 Å². The van der Waals surface area contributed by atoms with Gasteiger partial charge in [0.2, 0.25) is 0 Å². The molecule has 19 heavy (non-hydrogen) atoms. The van der Waals surface area contributed by atoms with E-state index >= 15 is 0 Å². The molecule has 1 aromatic rings. The number of amides is 1. The minimum Gasteiger partial charge on any atom is -0.344 e. The van der Waals surface area contributed by atoms with E-state index in [1.807, 2.05) is 0 Å². The fourth-order valence-corrected chi connectivity index (χ4v) is 1.11. The van der Waals surface area contributed by atoms with E-state index in [0.29, 0.717) is 5.82 Å². The first-order valence-corrected chi connectivity index (χ1v) is 5.05. The van der Waals surface area contributed by atoms with E-state index in [-0.39, 0.29) is 18.8 Å². The van der Waals surface area contributed by atoms with Crippen LogP contribution in [0.15, 0.2) is 18.3 Å². The third-order valence-electron chi connectivity index (χ3n) is 1.99. The van der Waals surface area contributed by atoms with Crippen LogP contribution >= 0.6 is 0 Å². The summed E-state index contributed by atoms with van der Waals surface area (Å²) in [5, 5.41) is 14.7. The Labute approximate surface area is 105 Å². The van der Waals surface area contributed by atoms with Crippen LogP contribution in [0.1, 0.15) is 0 Å². The number of hydrogen-bond donors (Lipinski definition) is 2. The van der Waals surface area contributed by atoms with Crippen molar-refractivity contribution >= 4 is 17.4 Å². The number of pyridine rings is 1. The third kappa shape index (κ3) is 4.77. The molecule has 0 saturated heterocycles. The van der Waals surface area contributed by atoms with Crippen LogP contribution in [0.5, 0.6) is 0 Å². The summed E-state index contributed by atoms with van der Waals surface area (Å²) >= 11 is 0. The second-order valence-corrected chi connectivity index (χ2v) is 3.40. The van der Waals surface area contributed by atoms with Crippen molar-refractivity contribution in [2.45, 2.75) is 6.18 Å². The Hall–Kier alpha value is -2.39. The highest BCUT2D eigenvalue weighted by Gasteiger charge is 2.38. The molecule has 0 unspecified atom stereocenters. The predicted molar refractivity (Wildman–Crippen MR) is 57.2 cm³/mol. The van der Waals surface area contributed by atoms with E-state index < -0.39 is 17.0 Å². The minimum absolute atomic E-state index is 0.0378. The number of anilines is 1. The molecule has 1 amide bonds. The summed E-state index contributed by atoms with van der Waals surface area (Å²) < 4.78 is 35.5. The number of nitro groups is 1. The summed E-state index contributed by atoms with van der Waals surface area (Å²) in [6.45, 7) is -0.195. The molecule has 1 rings (SSSR count). The molecular weight excluding hydrogens is 269 g/mol. The fraction of sp³-hybridized carbons (Fsp3) is 0.333. The molecule has 0 aliphatic heterocycles. The van der Waals surface area contributed by atoms with Gasteiger partial charge >= 0.3 is 17.8 Å². The van der Waals surface area contributed by atoms with E-state index in [1.54, 1.807) is 5.32 Å². The number of halogens is 3. The Morgan fingerprint density at radius 2 is 2.05 bits per heavy atom. The zero-order valence-corrected chi connectivity index (χ0v) is 9.45. The number of aromatic nitrogens is 1. The van der Waals surface area contributed by atoms with Gasteiger partial charge in [0.25, 0.3) is 5.82 Å². The van der Waals surface area contributed by atoms with E-state index in [9.17, 15) is 28.1 Å². The van der Waals surface area contributed by atoms with Crippen LogP contribution < -0.4 is 15.6 Å². The van der Waals surface area contributed by atoms with Gasteiger partial charge in [0.15, 0.2) is 6.20 Å². The van der Waals surface area contributed by atoms with Gasteiger partial charge in [0.1, 0.15) is 6.54 Å². The van der Waals surface area contributed by atoms with Crippen molar-refractivity contribution in [2.75, 3.05) is 18.4 Å². The third-order valence-corrected chi connectivity index (χ3v) is 1.99. The molecule has 0 aliphatic carbocycles. The molecule has 0 bridgehead atoms. The highest BCUT2D eigenvalue weighted by atomic mass is 19.4. The van der Waals surface area contributed by atoms with Crippen molar-refractivity contribution < 1.29 is 27.9 Å². The molecule has 0 atom stereocenters. The molecule has 104 valence electrons. The maximum Gasteiger partial charge on any atom is 0.471 e. The molecular formula is C9H10F3N4O3+. The number of H-pyrrole nitrogens is 1. The topological polar surface area (TPSA) is 98.4 Å². The van der Waals surface area contributed by atoms with Crippen molar-refractivity contribution in [1.82, 2.24) is 5.32 Å². The Morgan fingerprint density at radius 3 is 2.53 bits per heavy atom. The van der Waals surface area contributed by atoms with Gasteiger partial charge < -0.3 is 5.32 Å². The Kier molecular flexibility index (Phi) is 4.62. The van der Waals surface area contributed by atoms with Gasteiger partial charge in [-0.25, -0.2) is 4.98 Å². The Morgan fingerprint density at radius 1 is 1.37 bits per heavy atom. The zero-order chi connectivity index (χ0) is 14.5. The molecule has 10 heteroatoms. The lowest BCUT2D eigenvalue weighted by atomic mass is 10.4. The number of alkyl halides is 3. The van der Waals surface area contributed by atoms with Crippen molar-refractivity contribution in [3.05, 3.63) is 28.4 Å². The smallest absolute Gasteiger partial charge is 0.344 e. The second-order valence-electron chi connectivity index (χ2n) is 3.40. The SMILES string of the molecule is O=C(NCCNc1ccc([N+](=O)[O-])c[nH+]1)C(F)(F)F. The molecule has 1 aromatic heterocycles. The number of nitrogens with zero attached hydrogens (tertiary/aromatic N) is 1. The largest absolute Gasteiger partial charge is 0.471 e. The number of nitrogens with one attached hydrogen (secondary N) is 3. The van der Waals surface area contributed by atoms with Crippen LogP contribution in [0.4, 0.5) is 24.7 Å². The van der Waals surface area contributed by atoms with Crippen LogP contribution in [0.2, 0.25) is 0 Å². The quantitative estimate of drug-likeness (QED) is 0.466. The Bertz CT molecular complexity index is 461. The fourth-order valence-electron chi connectivity index (χ4n) is 1.11. The van der Waals surface area contributed by atoms with Gasteiger partial charge in [-0.1, -0.05) is 0 Å². The van der Waals surface area contributed by atoms with Gasteiger partial charge in [0, 0.05) is 12.1 Å². The van der Waals surface area contributed by atoms with Crippen LogP contribution in [-0.2, 0) is 4.79 Å². The monoisotopic (exact) mass is 279 g/mol. The Balaban J connectivity index is 2.34. The molecule has 0 spiro atoms. The van der Waals surface area contributed by atoms with Crippen LogP contribution in [0, 0.1) is 10.1 Å². The van der Waals surface area contributed by atoms with Gasteiger partial charge in [-0.2, -0.15) is 13.2 Å². The minimum atomic E-state index is -4.90. The molecule has 1 heterocycles. The van der Waals surface area contributed by atoms with Crippen LogP contribution in [-0.4, -0.2) is 30.1 Å². The van der Waals surface area contributed by atoms with Crippen molar-refractivity contribution in [3.63, 3.8) is 0 Å². The lowest BCUT2D eigenvalue weighted by Gasteiger charge is -2.06. The molecule has 0 fully saturated rings. The van der Waals surface area contributed by atoms with E-state index in [2.05, 4.69) is 10.3 Å². The highest BCUT2D eigenvalue weighted by Crippen LogP contribution is 2.13. The summed E-state index contributed by atoms with van der Waals surface area (Å²) in [6.07, 6.45) is -3.77. The number of aromatic amines is 1. The van der Waals surface area contributed by atoms with E-state index in [4.69, 9.17) is 0 Å². The second kappa shape index (κ2) is 5.98. The first-order valence-electron chi connectivity index (χ1n) is 5.05. The number of hydrogen-bond acceptors (Lipinski definition) is 4. The lowest BCUT2D eigenvalue weighted by Crippen LogP contribution is -2.39. The molecule has 7 nitrogen and oxygen atoms in total. The molecule has 3 N–H and O–H groups in total. The van der Waals surface area contributed by atoms with Gasteiger partial charge in [0.05, 0.1) is 11.5 Å².